The van der Waals surface area contributed by atoms with Crippen molar-refractivity contribution in [1.82, 2.24) is 14.5 Å². The molecule has 0 radical (unpaired) electrons. The number of nitrogens with zero attached hydrogens (tertiary/aromatic N) is 2. The molecule has 0 aliphatic carbocycles. The van der Waals surface area contributed by atoms with Crippen LogP contribution in [-0.2, 0) is 0 Å². The van der Waals surface area contributed by atoms with Crippen LogP contribution >= 0.6 is 11.3 Å². The second kappa shape index (κ2) is 22.1. The molecule has 1 aliphatic rings. The van der Waals surface area contributed by atoms with Gasteiger partial charge < -0.3 is 20.2 Å². The van der Waals surface area contributed by atoms with E-state index in [0.29, 0.717) is 0 Å². The molecule has 4 heterocycles. The molecule has 2 unspecified atom stereocenters. The molecule has 12 aromatic rings. The van der Waals surface area contributed by atoms with Crippen LogP contribution in [0.4, 0.5) is 0 Å². The van der Waals surface area contributed by atoms with E-state index in [1.165, 1.54) is 91.7 Å². The number of nitrogens with one attached hydrogen (secondary N) is 1. The lowest BCUT2D eigenvalue weighted by atomic mass is 9.99. The summed E-state index contributed by atoms with van der Waals surface area (Å²) in [5.41, 5.74) is 17.6. The van der Waals surface area contributed by atoms with Crippen LogP contribution in [0.3, 0.4) is 0 Å². The van der Waals surface area contributed by atoms with Crippen molar-refractivity contribution in [2.75, 3.05) is 0 Å². The largest absolute Gasteiger partial charge is 0.361 e. The number of nitrogens with two attached hydrogens (primary N) is 1. The van der Waals surface area contributed by atoms with Gasteiger partial charge in [-0.25, -0.2) is 0 Å². The number of fused-ring (bicyclic) bond motifs is 10. The Morgan fingerprint density at radius 1 is 0.569 bits per heavy atom. The number of hydrogen-bond acceptors (Lipinski definition) is 3. The minimum absolute atomic E-state index is 0.0114. The molecule has 0 amide bonds. The second-order valence-electron chi connectivity index (χ2n) is 17.9. The maximum absolute atomic E-state index is 5.52. The Balaban J connectivity index is 0.000000237. The van der Waals surface area contributed by atoms with Crippen molar-refractivity contribution in [3.63, 3.8) is 0 Å². The van der Waals surface area contributed by atoms with Crippen LogP contribution in [0.2, 0.25) is 0 Å². The fourth-order valence-corrected chi connectivity index (χ4v) is 10.8. The van der Waals surface area contributed by atoms with Crippen molar-refractivity contribution in [2.45, 2.75) is 32.5 Å². The fourth-order valence-electron chi connectivity index (χ4n) is 9.56. The molecule has 0 fully saturated rings. The van der Waals surface area contributed by atoms with Crippen LogP contribution in [-0.4, -0.2) is 15.2 Å². The molecule has 1 aliphatic heterocycles. The highest BCUT2D eigenvalue weighted by molar-refractivity contribution is 7.26. The lowest BCUT2D eigenvalue weighted by Gasteiger charge is -2.25. The van der Waals surface area contributed by atoms with Crippen LogP contribution in [0.25, 0.3) is 86.3 Å². The summed E-state index contributed by atoms with van der Waals surface area (Å²) in [4.78, 5) is 0. The first-order valence-electron chi connectivity index (χ1n) is 24.7. The minimum atomic E-state index is -0.0114. The van der Waals surface area contributed by atoms with E-state index < -0.39 is 0 Å². The molecular formula is C67H58N4S. The Labute approximate surface area is 426 Å². The molecular weight excluding hydrogens is 893 g/mol. The fraction of sp³-hybridized carbons (Fsp3) is 0.0746. The lowest BCUT2D eigenvalue weighted by Crippen LogP contribution is -2.25. The molecule has 13 rings (SSSR count). The van der Waals surface area contributed by atoms with E-state index in [2.05, 4.69) is 223 Å². The van der Waals surface area contributed by atoms with Crippen LogP contribution in [0, 0.1) is 6.92 Å². The van der Waals surface area contributed by atoms with E-state index >= 15 is 0 Å². The van der Waals surface area contributed by atoms with Gasteiger partial charge in [-0.3, -0.25) is 0 Å². The van der Waals surface area contributed by atoms with Gasteiger partial charge in [-0.1, -0.05) is 213 Å². The summed E-state index contributed by atoms with van der Waals surface area (Å²) in [5.74, 6) is 0. The normalized spacial score (nSPS) is 13.5. The maximum Gasteiger partial charge on any atom is 0.123 e. The summed E-state index contributed by atoms with van der Waals surface area (Å²) in [6.45, 7) is 7.66. The summed E-state index contributed by atoms with van der Waals surface area (Å²) in [6, 6.07) is 80.0. The number of para-hydroxylation sites is 3. The van der Waals surface area contributed by atoms with Gasteiger partial charge in [0.15, 0.2) is 0 Å². The molecule has 352 valence electrons. The first-order valence-corrected chi connectivity index (χ1v) is 25.6. The zero-order valence-electron chi connectivity index (χ0n) is 40.8. The van der Waals surface area contributed by atoms with Crippen LogP contribution in [0.1, 0.15) is 30.6 Å². The van der Waals surface area contributed by atoms with Gasteiger partial charge in [0.25, 0.3) is 0 Å². The average Bonchev–Trinajstić information content (AvgIpc) is 4.11. The molecule has 0 bridgehead atoms. The summed E-state index contributed by atoms with van der Waals surface area (Å²) < 4.78 is 7.51. The van der Waals surface area contributed by atoms with Crippen molar-refractivity contribution >= 4 is 80.8 Å². The molecule has 0 saturated carbocycles. The van der Waals surface area contributed by atoms with E-state index in [9.17, 15) is 0 Å². The first kappa shape index (κ1) is 47.2. The zero-order chi connectivity index (χ0) is 49.2. The summed E-state index contributed by atoms with van der Waals surface area (Å²) in [7, 11) is 0. The number of benzene rings is 9. The van der Waals surface area contributed by atoms with Gasteiger partial charge in [-0.15, -0.1) is 11.3 Å². The Morgan fingerprint density at radius 2 is 1.15 bits per heavy atom. The third kappa shape index (κ3) is 9.95. The minimum Gasteiger partial charge on any atom is -0.361 e. The highest BCUT2D eigenvalue weighted by Gasteiger charge is 2.21. The summed E-state index contributed by atoms with van der Waals surface area (Å²) in [6.07, 6.45) is 13.1. The Bertz CT molecular complexity index is 3790. The SMILES string of the molecule is C1=CC(n2c3ccccc3c3ccccc32)NC(c2cccc(-c3ccc4c(c3)c3c5sc6ccccc6c5ccc3n4-c3ccccc3)c2)=C1.C=C/C=C\C(N)CC.Cc1ccccc1.c1ccccc1. The molecule has 0 spiro atoms. The third-order valence-electron chi connectivity index (χ3n) is 13.1. The van der Waals surface area contributed by atoms with Crippen molar-refractivity contribution in [1.29, 1.82) is 0 Å². The second-order valence-corrected chi connectivity index (χ2v) is 18.9. The standard InChI is InChI=1S/C47H31N3S.C7H13N.C7H8.C6H6/c1-2-14-33(15-3-1)49-42-26-24-31(29-38(42)46-43(49)27-25-37-36-18-6-9-22-44(36)51-47(37)46)30-12-10-13-32(28-30)39-19-11-23-45(48-39)50-40-20-7-4-16-34(40)35-17-5-8-21-41(35)50;1-3-5-6-7(8)4-2;1-7-5-3-2-4-6-7;1-2-4-6-5-3-1/h1-29,45,48H;3,5-7H,1,4,8H2,2H3;2-6H,1H3;1-6H/b;6-5-;;. The van der Waals surface area contributed by atoms with Gasteiger partial charge in [0.2, 0.25) is 0 Å². The molecule has 9 aromatic carbocycles. The predicted molar refractivity (Wildman–Crippen MR) is 313 cm³/mol. The van der Waals surface area contributed by atoms with E-state index in [4.69, 9.17) is 5.73 Å². The lowest BCUT2D eigenvalue weighted by molar-refractivity contribution is 0.589. The van der Waals surface area contributed by atoms with E-state index in [1.807, 2.05) is 78.1 Å². The zero-order valence-corrected chi connectivity index (χ0v) is 41.6. The van der Waals surface area contributed by atoms with Gasteiger partial charge in [-0.2, -0.15) is 0 Å². The summed E-state index contributed by atoms with van der Waals surface area (Å²) >= 11 is 1.90. The molecule has 0 saturated heterocycles. The molecule has 2 atom stereocenters. The molecule has 3 aromatic heterocycles. The third-order valence-corrected chi connectivity index (χ3v) is 14.3. The van der Waals surface area contributed by atoms with Gasteiger partial charge in [0.1, 0.15) is 6.17 Å². The highest BCUT2D eigenvalue weighted by atomic mass is 32.1. The van der Waals surface area contributed by atoms with Crippen molar-refractivity contribution < 1.29 is 0 Å². The highest BCUT2D eigenvalue weighted by Crippen LogP contribution is 2.44. The molecule has 4 nitrogen and oxygen atoms in total. The van der Waals surface area contributed by atoms with E-state index in [-0.39, 0.29) is 12.2 Å². The number of thiophene rings is 1. The first-order chi connectivity index (χ1) is 35.5. The molecule has 72 heavy (non-hydrogen) atoms. The molecule has 3 N–H and O–H groups in total. The van der Waals surface area contributed by atoms with Gasteiger partial charge in [0, 0.05) is 59.1 Å². The van der Waals surface area contributed by atoms with Crippen molar-refractivity contribution in [3.05, 3.63) is 279 Å². The van der Waals surface area contributed by atoms with E-state index in [1.54, 1.807) is 6.08 Å². The van der Waals surface area contributed by atoms with Crippen LogP contribution in [0.15, 0.2) is 267 Å². The number of aromatic nitrogens is 2. The number of aryl methyl sites for hydroxylation is 1. The van der Waals surface area contributed by atoms with Gasteiger partial charge in [0.05, 0.1) is 22.1 Å². The number of rotatable bonds is 7. The van der Waals surface area contributed by atoms with Crippen LogP contribution < -0.4 is 11.1 Å². The van der Waals surface area contributed by atoms with Gasteiger partial charge in [-0.05, 0) is 96.8 Å². The van der Waals surface area contributed by atoms with Crippen LogP contribution in [0.5, 0.6) is 0 Å². The number of allylic oxidation sites excluding steroid dienone is 4. The molecule has 5 heteroatoms. The Morgan fingerprint density at radius 3 is 1.81 bits per heavy atom. The summed E-state index contributed by atoms with van der Waals surface area (Å²) in [5, 5.41) is 11.7. The quantitative estimate of drug-likeness (QED) is 0.156. The topological polar surface area (TPSA) is 47.9 Å². The van der Waals surface area contributed by atoms with Crippen molar-refractivity contribution in [3.8, 4) is 16.8 Å². The number of hydrogen-bond donors (Lipinski definition) is 2. The van der Waals surface area contributed by atoms with Gasteiger partial charge >= 0.3 is 0 Å². The van der Waals surface area contributed by atoms with Crippen molar-refractivity contribution in [2.24, 2.45) is 5.73 Å². The average molecular weight is 951 g/mol. The maximum atomic E-state index is 5.52. The number of dihydropyridines is 1. The van der Waals surface area contributed by atoms with E-state index in [0.717, 1.165) is 12.1 Å². The smallest absolute Gasteiger partial charge is 0.123 e. The Hall–Kier alpha value is -8.48. The Kier molecular flexibility index (Phi) is 14.5. The monoisotopic (exact) mass is 950 g/mol. The predicted octanol–water partition coefficient (Wildman–Crippen LogP) is 17.8.